The zero-order chi connectivity index (χ0) is 15.5. The monoisotopic (exact) mass is 332 g/mol. The van der Waals surface area contributed by atoms with E-state index >= 15 is 0 Å². The molecule has 5 nitrogen and oxygen atoms in total. The molecular formula is C14H21ClN2O3S. The highest BCUT2D eigenvalue weighted by atomic mass is 35.5. The van der Waals surface area contributed by atoms with Gasteiger partial charge in [0.15, 0.2) is 0 Å². The van der Waals surface area contributed by atoms with E-state index < -0.39 is 10.0 Å². The molecule has 1 aromatic carbocycles. The molecule has 1 heterocycles. The highest BCUT2D eigenvalue weighted by Crippen LogP contribution is 2.29. The van der Waals surface area contributed by atoms with Gasteiger partial charge in [-0.05, 0) is 36.0 Å². The van der Waals surface area contributed by atoms with Crippen molar-refractivity contribution in [1.29, 1.82) is 0 Å². The van der Waals surface area contributed by atoms with E-state index in [0.29, 0.717) is 24.8 Å². The molecule has 0 spiro atoms. The van der Waals surface area contributed by atoms with Gasteiger partial charge in [0.2, 0.25) is 10.0 Å². The molecule has 118 valence electrons. The molecule has 21 heavy (non-hydrogen) atoms. The lowest BCUT2D eigenvalue weighted by molar-refractivity contribution is 0.0265. The largest absolute Gasteiger partial charge is 0.381 e. The van der Waals surface area contributed by atoms with Crippen LogP contribution >= 0.6 is 11.6 Å². The fourth-order valence-corrected chi connectivity index (χ4v) is 3.80. The second kappa shape index (κ2) is 6.62. The normalized spacial score (nSPS) is 18.6. The minimum Gasteiger partial charge on any atom is -0.381 e. The third-order valence-electron chi connectivity index (χ3n) is 3.94. The van der Waals surface area contributed by atoms with E-state index in [1.54, 1.807) is 6.07 Å². The van der Waals surface area contributed by atoms with Gasteiger partial charge in [0.1, 0.15) is 0 Å². The quantitative estimate of drug-likeness (QED) is 0.862. The highest BCUT2D eigenvalue weighted by molar-refractivity contribution is 7.89. The number of nitrogens with one attached hydrogen (secondary N) is 1. The van der Waals surface area contributed by atoms with Crippen LogP contribution in [-0.4, -0.2) is 28.2 Å². The molecule has 1 fully saturated rings. The Hall–Kier alpha value is -0.660. The van der Waals surface area contributed by atoms with Crippen LogP contribution in [0.1, 0.15) is 25.3 Å². The Morgan fingerprint density at radius 1 is 1.38 bits per heavy atom. The number of benzene rings is 1. The first-order valence-corrected chi connectivity index (χ1v) is 8.78. The molecule has 1 aromatic rings. The lowest BCUT2D eigenvalue weighted by atomic mass is 9.83. The third kappa shape index (κ3) is 4.17. The molecule has 0 radical (unpaired) electrons. The third-order valence-corrected chi connectivity index (χ3v) is 5.69. The number of ether oxygens (including phenoxy) is 1. The van der Waals surface area contributed by atoms with E-state index in [-0.39, 0.29) is 16.9 Å². The standard InChI is InChI=1S/C14H21ClN2O3S/c1-14(4-6-20-7-5-14)10-17-21(18,19)12-3-2-11(9-16)13(15)8-12/h2-3,8,17H,4-7,9-10,16H2,1H3. The number of hydrogen-bond donors (Lipinski definition) is 2. The molecule has 1 saturated heterocycles. The Labute approximate surface area is 130 Å². The number of sulfonamides is 1. The maximum absolute atomic E-state index is 12.3. The SMILES string of the molecule is CC1(CNS(=O)(=O)c2ccc(CN)c(Cl)c2)CCOCC1. The molecule has 0 unspecified atom stereocenters. The molecule has 0 aromatic heterocycles. The molecule has 0 aliphatic carbocycles. The fourth-order valence-electron chi connectivity index (χ4n) is 2.25. The Balaban J connectivity index is 2.09. The lowest BCUT2D eigenvalue weighted by Gasteiger charge is -2.33. The summed E-state index contributed by atoms with van der Waals surface area (Å²) in [6, 6.07) is 4.62. The molecule has 0 atom stereocenters. The van der Waals surface area contributed by atoms with Crippen molar-refractivity contribution >= 4 is 21.6 Å². The Kier molecular flexibility index (Phi) is 5.27. The van der Waals surface area contributed by atoms with Gasteiger partial charge in [-0.3, -0.25) is 0 Å². The van der Waals surface area contributed by atoms with Crippen LogP contribution in [-0.2, 0) is 21.3 Å². The molecule has 1 aliphatic rings. The van der Waals surface area contributed by atoms with Gasteiger partial charge in [0, 0.05) is 31.3 Å². The van der Waals surface area contributed by atoms with Crippen molar-refractivity contribution in [3.8, 4) is 0 Å². The molecule has 2 rings (SSSR count). The number of halogens is 1. The van der Waals surface area contributed by atoms with Crippen molar-refractivity contribution in [2.45, 2.75) is 31.2 Å². The summed E-state index contributed by atoms with van der Waals surface area (Å²) in [5.41, 5.74) is 6.19. The van der Waals surface area contributed by atoms with Crippen molar-refractivity contribution < 1.29 is 13.2 Å². The molecule has 0 saturated carbocycles. The maximum atomic E-state index is 12.3. The summed E-state index contributed by atoms with van der Waals surface area (Å²) >= 11 is 6.02. The van der Waals surface area contributed by atoms with Crippen LogP contribution in [0.15, 0.2) is 23.1 Å². The Morgan fingerprint density at radius 2 is 2.05 bits per heavy atom. The molecule has 0 amide bonds. The van der Waals surface area contributed by atoms with Crippen LogP contribution in [0.3, 0.4) is 0 Å². The van der Waals surface area contributed by atoms with Gasteiger partial charge in [-0.25, -0.2) is 13.1 Å². The Morgan fingerprint density at radius 3 is 2.62 bits per heavy atom. The fraction of sp³-hybridized carbons (Fsp3) is 0.571. The zero-order valence-corrected chi connectivity index (χ0v) is 13.6. The van der Waals surface area contributed by atoms with E-state index in [1.165, 1.54) is 12.1 Å². The summed E-state index contributed by atoms with van der Waals surface area (Å²) in [6.07, 6.45) is 1.70. The maximum Gasteiger partial charge on any atom is 0.240 e. The average Bonchev–Trinajstić information content (AvgIpc) is 2.46. The summed E-state index contributed by atoms with van der Waals surface area (Å²) in [5.74, 6) is 0. The first-order valence-electron chi connectivity index (χ1n) is 6.92. The Bertz CT molecular complexity index is 598. The van der Waals surface area contributed by atoms with Gasteiger partial charge in [0.25, 0.3) is 0 Å². The number of nitrogens with two attached hydrogens (primary N) is 1. The summed E-state index contributed by atoms with van der Waals surface area (Å²) in [7, 11) is -3.56. The van der Waals surface area contributed by atoms with E-state index in [9.17, 15) is 8.42 Å². The minimum absolute atomic E-state index is 0.0632. The van der Waals surface area contributed by atoms with Crippen molar-refractivity contribution in [2.24, 2.45) is 11.1 Å². The molecule has 7 heteroatoms. The van der Waals surface area contributed by atoms with Crippen molar-refractivity contribution in [2.75, 3.05) is 19.8 Å². The summed E-state index contributed by atoms with van der Waals surface area (Å²) < 4.78 is 32.7. The van der Waals surface area contributed by atoms with Gasteiger partial charge < -0.3 is 10.5 Å². The number of rotatable bonds is 5. The topological polar surface area (TPSA) is 81.4 Å². The summed E-state index contributed by atoms with van der Waals surface area (Å²) in [6.45, 7) is 4.10. The van der Waals surface area contributed by atoms with Gasteiger partial charge in [-0.15, -0.1) is 0 Å². The first kappa shape index (κ1) is 16.7. The average molecular weight is 333 g/mol. The highest BCUT2D eigenvalue weighted by Gasteiger charge is 2.29. The summed E-state index contributed by atoms with van der Waals surface area (Å²) in [4.78, 5) is 0.167. The van der Waals surface area contributed by atoms with Gasteiger partial charge >= 0.3 is 0 Å². The van der Waals surface area contributed by atoms with Crippen LogP contribution in [0, 0.1) is 5.41 Å². The number of hydrogen-bond acceptors (Lipinski definition) is 4. The van der Waals surface area contributed by atoms with E-state index in [1.807, 2.05) is 0 Å². The molecular weight excluding hydrogens is 312 g/mol. The lowest BCUT2D eigenvalue weighted by Crippen LogP contribution is -2.39. The second-order valence-corrected chi connectivity index (χ2v) is 7.88. The van der Waals surface area contributed by atoms with Gasteiger partial charge in [-0.2, -0.15) is 0 Å². The van der Waals surface area contributed by atoms with Crippen molar-refractivity contribution in [3.63, 3.8) is 0 Å². The van der Waals surface area contributed by atoms with Crippen LogP contribution in [0.4, 0.5) is 0 Å². The van der Waals surface area contributed by atoms with Gasteiger partial charge in [0.05, 0.1) is 4.90 Å². The van der Waals surface area contributed by atoms with E-state index in [2.05, 4.69) is 11.6 Å². The van der Waals surface area contributed by atoms with Crippen molar-refractivity contribution in [1.82, 2.24) is 4.72 Å². The van der Waals surface area contributed by atoms with Gasteiger partial charge in [-0.1, -0.05) is 24.6 Å². The van der Waals surface area contributed by atoms with Crippen LogP contribution in [0.5, 0.6) is 0 Å². The van der Waals surface area contributed by atoms with Crippen LogP contribution in [0.25, 0.3) is 0 Å². The van der Waals surface area contributed by atoms with Crippen LogP contribution in [0.2, 0.25) is 5.02 Å². The molecule has 0 bridgehead atoms. The van der Waals surface area contributed by atoms with E-state index in [0.717, 1.165) is 18.4 Å². The molecule has 1 aliphatic heterocycles. The van der Waals surface area contributed by atoms with Crippen LogP contribution < -0.4 is 10.5 Å². The first-order chi connectivity index (χ1) is 9.86. The predicted octanol–water partition coefficient (Wildman–Crippen LogP) is 1.89. The second-order valence-electron chi connectivity index (χ2n) is 5.70. The van der Waals surface area contributed by atoms with Crippen molar-refractivity contribution in [3.05, 3.63) is 28.8 Å². The smallest absolute Gasteiger partial charge is 0.240 e. The molecule has 3 N–H and O–H groups in total. The minimum atomic E-state index is -3.56. The summed E-state index contributed by atoms with van der Waals surface area (Å²) in [5, 5.41) is 0.373. The predicted molar refractivity (Wildman–Crippen MR) is 82.7 cm³/mol. The van der Waals surface area contributed by atoms with E-state index in [4.69, 9.17) is 22.1 Å². The zero-order valence-electron chi connectivity index (χ0n) is 12.1.